The van der Waals surface area contributed by atoms with Crippen LogP contribution in [0.4, 0.5) is 4.39 Å². The van der Waals surface area contributed by atoms with Crippen LogP contribution in [0.3, 0.4) is 0 Å². The number of hydrogen-bond acceptors (Lipinski definition) is 6. The topological polar surface area (TPSA) is 120 Å². The van der Waals surface area contributed by atoms with Crippen LogP contribution in [0.15, 0.2) is 53.4 Å². The van der Waals surface area contributed by atoms with Crippen LogP contribution in [-0.4, -0.2) is 34.9 Å². The summed E-state index contributed by atoms with van der Waals surface area (Å²) in [6.07, 6.45) is 0. The number of rotatable bonds is 7. The molecule has 10 heteroatoms. The van der Waals surface area contributed by atoms with Crippen LogP contribution in [0.1, 0.15) is 24.2 Å². The van der Waals surface area contributed by atoms with Gasteiger partial charge in [0.1, 0.15) is 17.4 Å². The fourth-order valence-corrected chi connectivity index (χ4v) is 3.69. The Morgan fingerprint density at radius 1 is 1.18 bits per heavy atom. The largest absolute Gasteiger partial charge is 0.424 e. The molecule has 148 valence electrons. The maximum absolute atomic E-state index is 13.1. The van der Waals surface area contributed by atoms with E-state index in [1.165, 1.54) is 30.3 Å². The number of aliphatic hydroxyl groups excluding tert-OH is 1. The van der Waals surface area contributed by atoms with E-state index in [0.29, 0.717) is 23.7 Å². The molecule has 3 N–H and O–H groups in total. The van der Waals surface area contributed by atoms with Gasteiger partial charge >= 0.3 is 6.01 Å². The second-order valence-electron chi connectivity index (χ2n) is 5.96. The highest BCUT2D eigenvalue weighted by Gasteiger charge is 2.27. The second-order valence-corrected chi connectivity index (χ2v) is 7.49. The lowest BCUT2D eigenvalue weighted by molar-refractivity contribution is 0.272. The molecule has 28 heavy (non-hydrogen) atoms. The van der Waals surface area contributed by atoms with Crippen molar-refractivity contribution in [2.24, 2.45) is 5.14 Å². The van der Waals surface area contributed by atoms with E-state index < -0.39 is 28.4 Å². The van der Waals surface area contributed by atoms with Gasteiger partial charge in [-0.2, -0.15) is 0 Å². The number of nitrogens with two attached hydrogens (primary N) is 1. The highest BCUT2D eigenvalue weighted by Crippen LogP contribution is 2.31. The Morgan fingerprint density at radius 3 is 2.46 bits per heavy atom. The summed E-state index contributed by atoms with van der Waals surface area (Å²) in [5, 5.41) is 23.4. The van der Waals surface area contributed by atoms with E-state index in [1.54, 1.807) is 22.8 Å². The smallest absolute Gasteiger partial charge is 0.322 e. The van der Waals surface area contributed by atoms with Gasteiger partial charge in [0.2, 0.25) is 10.0 Å². The maximum Gasteiger partial charge on any atom is 0.322 e. The Hall–Kier alpha value is -2.82. The molecular weight excluding hydrogens is 387 g/mol. The fraction of sp³-hybridized carbons (Fsp3) is 0.222. The summed E-state index contributed by atoms with van der Waals surface area (Å²) in [7, 11) is -4.00. The van der Waals surface area contributed by atoms with E-state index in [0.717, 1.165) is 0 Å². The molecule has 3 aromatic rings. The van der Waals surface area contributed by atoms with Crippen LogP contribution in [0.2, 0.25) is 0 Å². The Bertz CT molecular complexity index is 1070. The first-order valence-corrected chi connectivity index (χ1v) is 9.99. The standard InChI is InChI=1S/C18H19FN4O4S/c1-2-23-17(21-22-18(23)27-13-9-7-12(19)8-10-13)15(11-24)14-5-3-4-6-16(14)28(20,25)26/h3-10,15,24H,2,11H2,1H3,(H2,20,25,26)/t15-/m0/s1. The number of hydrogen-bond donors (Lipinski definition) is 2. The van der Waals surface area contributed by atoms with Crippen LogP contribution in [0.5, 0.6) is 11.8 Å². The lowest BCUT2D eigenvalue weighted by Gasteiger charge is -2.18. The number of sulfonamides is 1. The molecule has 0 saturated heterocycles. The summed E-state index contributed by atoms with van der Waals surface area (Å²) in [4.78, 5) is -0.0966. The van der Waals surface area contributed by atoms with Gasteiger partial charge in [0.25, 0.3) is 0 Å². The highest BCUT2D eigenvalue weighted by molar-refractivity contribution is 7.89. The molecule has 0 radical (unpaired) electrons. The van der Waals surface area contributed by atoms with Gasteiger partial charge in [0.15, 0.2) is 0 Å². The van der Waals surface area contributed by atoms with E-state index in [4.69, 9.17) is 9.88 Å². The zero-order chi connectivity index (χ0) is 20.3. The van der Waals surface area contributed by atoms with Crippen LogP contribution in [0, 0.1) is 5.82 Å². The molecule has 0 bridgehead atoms. The summed E-state index contributed by atoms with van der Waals surface area (Å²) in [6, 6.07) is 11.7. The van der Waals surface area contributed by atoms with Crippen molar-refractivity contribution in [3.05, 3.63) is 65.7 Å². The first-order valence-electron chi connectivity index (χ1n) is 8.44. The van der Waals surface area contributed by atoms with E-state index in [2.05, 4.69) is 10.2 Å². The predicted octanol–water partition coefficient (Wildman–Crippen LogP) is 2.00. The molecule has 0 fully saturated rings. The molecule has 8 nitrogen and oxygen atoms in total. The molecule has 1 atom stereocenters. The third-order valence-corrected chi connectivity index (χ3v) is 5.16. The molecule has 1 heterocycles. The predicted molar refractivity (Wildman–Crippen MR) is 98.9 cm³/mol. The van der Waals surface area contributed by atoms with Crippen molar-refractivity contribution in [1.29, 1.82) is 0 Å². The molecule has 0 aliphatic heterocycles. The summed E-state index contributed by atoms with van der Waals surface area (Å²) < 4.78 is 44.2. The molecule has 3 rings (SSSR count). The molecule has 0 amide bonds. The summed E-state index contributed by atoms with van der Waals surface area (Å²) >= 11 is 0. The zero-order valence-electron chi connectivity index (χ0n) is 15.0. The number of ether oxygens (including phenoxy) is 1. The Balaban J connectivity index is 2.03. The average Bonchev–Trinajstić information content (AvgIpc) is 3.06. The van der Waals surface area contributed by atoms with Crippen molar-refractivity contribution >= 4 is 10.0 Å². The monoisotopic (exact) mass is 406 g/mol. The third-order valence-electron chi connectivity index (χ3n) is 4.18. The van der Waals surface area contributed by atoms with Crippen molar-refractivity contribution < 1.29 is 22.7 Å². The Morgan fingerprint density at radius 2 is 1.86 bits per heavy atom. The van der Waals surface area contributed by atoms with Gasteiger partial charge in [-0.3, -0.25) is 4.57 Å². The van der Waals surface area contributed by atoms with Gasteiger partial charge in [-0.25, -0.2) is 17.9 Å². The number of aliphatic hydroxyl groups is 1. The Labute approximate surface area is 161 Å². The molecule has 2 aromatic carbocycles. The SMILES string of the molecule is CCn1c(Oc2ccc(F)cc2)nnc1[C@@H](CO)c1ccccc1S(N)(=O)=O. The van der Waals surface area contributed by atoms with Gasteiger partial charge in [-0.15, -0.1) is 5.10 Å². The van der Waals surface area contributed by atoms with Gasteiger partial charge in [0.05, 0.1) is 17.4 Å². The number of nitrogens with zero attached hydrogens (tertiary/aromatic N) is 3. The minimum absolute atomic E-state index is 0.0966. The van der Waals surface area contributed by atoms with Crippen LogP contribution in [0.25, 0.3) is 0 Å². The normalized spacial score (nSPS) is 12.7. The molecule has 0 aliphatic rings. The first kappa shape index (κ1) is 19.9. The van der Waals surface area contributed by atoms with E-state index in [-0.39, 0.29) is 10.9 Å². The summed E-state index contributed by atoms with van der Waals surface area (Å²) in [5.74, 6) is -0.503. The van der Waals surface area contributed by atoms with E-state index in [1.807, 2.05) is 6.92 Å². The first-order chi connectivity index (χ1) is 13.3. The Kier molecular flexibility index (Phi) is 5.73. The molecular formula is C18H19FN4O4S. The third kappa shape index (κ3) is 4.03. The van der Waals surface area contributed by atoms with Crippen molar-refractivity contribution in [2.45, 2.75) is 24.3 Å². The van der Waals surface area contributed by atoms with Gasteiger partial charge < -0.3 is 9.84 Å². The van der Waals surface area contributed by atoms with Crippen molar-refractivity contribution in [3.8, 4) is 11.8 Å². The van der Waals surface area contributed by atoms with Crippen molar-refractivity contribution in [1.82, 2.24) is 14.8 Å². The minimum Gasteiger partial charge on any atom is -0.424 e. The molecule has 1 aromatic heterocycles. The van der Waals surface area contributed by atoms with E-state index in [9.17, 15) is 17.9 Å². The van der Waals surface area contributed by atoms with Crippen LogP contribution >= 0.6 is 0 Å². The molecule has 0 spiro atoms. The maximum atomic E-state index is 13.1. The molecule has 0 aliphatic carbocycles. The van der Waals surface area contributed by atoms with Crippen molar-refractivity contribution in [2.75, 3.05) is 6.61 Å². The highest BCUT2D eigenvalue weighted by atomic mass is 32.2. The van der Waals surface area contributed by atoms with Crippen molar-refractivity contribution in [3.63, 3.8) is 0 Å². The second kappa shape index (κ2) is 8.05. The van der Waals surface area contributed by atoms with Gasteiger partial charge in [-0.1, -0.05) is 23.3 Å². The lowest BCUT2D eigenvalue weighted by atomic mass is 9.99. The minimum atomic E-state index is -4.00. The van der Waals surface area contributed by atoms with Crippen LogP contribution < -0.4 is 9.88 Å². The summed E-state index contributed by atoms with van der Waals surface area (Å²) in [6.45, 7) is 1.80. The number of primary sulfonamides is 1. The van der Waals surface area contributed by atoms with Gasteiger partial charge in [0, 0.05) is 6.54 Å². The average molecular weight is 406 g/mol. The zero-order valence-corrected chi connectivity index (χ0v) is 15.8. The van der Waals surface area contributed by atoms with E-state index >= 15 is 0 Å². The fourth-order valence-electron chi connectivity index (χ4n) is 2.89. The number of aromatic nitrogens is 3. The quantitative estimate of drug-likeness (QED) is 0.619. The number of benzene rings is 2. The lowest BCUT2D eigenvalue weighted by Crippen LogP contribution is -2.20. The van der Waals surface area contributed by atoms with Crippen LogP contribution in [-0.2, 0) is 16.6 Å². The molecule has 0 unspecified atom stereocenters. The molecule has 0 saturated carbocycles. The summed E-state index contributed by atoms with van der Waals surface area (Å²) in [5.41, 5.74) is 0.308. The number of halogens is 1. The van der Waals surface area contributed by atoms with Gasteiger partial charge in [-0.05, 0) is 42.8 Å².